The second-order valence-corrected chi connectivity index (χ2v) is 3.93. The fourth-order valence-electron chi connectivity index (χ4n) is 1.38. The molecule has 2 aromatic rings. The first kappa shape index (κ1) is 10.8. The Labute approximate surface area is 97.6 Å². The molecule has 1 heterocycles. The Morgan fingerprint density at radius 2 is 2.12 bits per heavy atom. The number of rotatable bonds is 0. The van der Waals surface area contributed by atoms with Crippen molar-refractivity contribution in [3.63, 3.8) is 0 Å². The van der Waals surface area contributed by atoms with E-state index in [0.717, 1.165) is 12.3 Å². The third-order valence-corrected chi connectivity index (χ3v) is 2.73. The fourth-order valence-corrected chi connectivity index (χ4v) is 1.78. The SMILES string of the molecule is N#Cc1cnc2c(F)cc(Br)c(F)c2c1N. The van der Waals surface area contributed by atoms with Crippen LogP contribution in [0.5, 0.6) is 0 Å². The molecule has 0 atom stereocenters. The van der Waals surface area contributed by atoms with Crippen LogP contribution in [0, 0.1) is 23.0 Å². The second-order valence-electron chi connectivity index (χ2n) is 3.08. The number of pyridine rings is 1. The lowest BCUT2D eigenvalue weighted by Gasteiger charge is -2.06. The Morgan fingerprint density at radius 1 is 1.44 bits per heavy atom. The van der Waals surface area contributed by atoms with Gasteiger partial charge >= 0.3 is 0 Å². The molecule has 1 aromatic carbocycles. The molecule has 1 aromatic heterocycles. The first-order valence-electron chi connectivity index (χ1n) is 4.18. The molecule has 6 heteroatoms. The van der Waals surface area contributed by atoms with Crippen molar-refractivity contribution >= 4 is 32.5 Å². The van der Waals surface area contributed by atoms with Crippen LogP contribution in [0.1, 0.15) is 5.56 Å². The quantitative estimate of drug-likeness (QED) is 0.756. The lowest BCUT2D eigenvalue weighted by molar-refractivity contribution is 0.610. The maximum absolute atomic E-state index is 13.7. The molecule has 0 spiro atoms. The first-order chi connectivity index (χ1) is 7.56. The minimum absolute atomic E-state index is 0.0175. The van der Waals surface area contributed by atoms with Crippen LogP contribution in [0.15, 0.2) is 16.7 Å². The first-order valence-corrected chi connectivity index (χ1v) is 4.97. The van der Waals surface area contributed by atoms with Crippen LogP contribution in [0.2, 0.25) is 0 Å². The molecule has 0 saturated carbocycles. The number of hydrogen-bond donors (Lipinski definition) is 1. The molecule has 0 bridgehead atoms. The third kappa shape index (κ3) is 1.41. The second kappa shape index (κ2) is 3.68. The van der Waals surface area contributed by atoms with Crippen molar-refractivity contribution in [2.45, 2.75) is 0 Å². The van der Waals surface area contributed by atoms with Crippen molar-refractivity contribution in [2.24, 2.45) is 0 Å². The van der Waals surface area contributed by atoms with Gasteiger partial charge in [-0.25, -0.2) is 8.78 Å². The summed E-state index contributed by atoms with van der Waals surface area (Å²) in [4.78, 5) is 3.68. The highest BCUT2D eigenvalue weighted by Gasteiger charge is 2.16. The van der Waals surface area contributed by atoms with Crippen LogP contribution < -0.4 is 5.73 Å². The molecule has 80 valence electrons. The summed E-state index contributed by atoms with van der Waals surface area (Å²) in [5.74, 6) is -1.42. The number of benzene rings is 1. The van der Waals surface area contributed by atoms with Crippen molar-refractivity contribution in [2.75, 3.05) is 5.73 Å². The summed E-state index contributed by atoms with van der Waals surface area (Å²) in [6.07, 6.45) is 1.12. The van der Waals surface area contributed by atoms with Crippen LogP contribution in [0.4, 0.5) is 14.5 Å². The van der Waals surface area contributed by atoms with Gasteiger partial charge in [0.15, 0.2) is 5.82 Å². The van der Waals surface area contributed by atoms with Crippen LogP contribution in [0.3, 0.4) is 0 Å². The molecular weight excluding hydrogens is 280 g/mol. The van der Waals surface area contributed by atoms with Gasteiger partial charge in [0.25, 0.3) is 0 Å². The monoisotopic (exact) mass is 283 g/mol. The number of hydrogen-bond acceptors (Lipinski definition) is 3. The summed E-state index contributed by atoms with van der Waals surface area (Å²) >= 11 is 2.87. The molecule has 3 nitrogen and oxygen atoms in total. The van der Waals surface area contributed by atoms with E-state index in [0.29, 0.717) is 0 Å². The average Bonchev–Trinajstić information content (AvgIpc) is 2.26. The molecule has 0 aliphatic heterocycles. The molecule has 0 saturated heterocycles. The lowest BCUT2D eigenvalue weighted by Crippen LogP contribution is -1.99. The molecule has 0 radical (unpaired) electrons. The standard InChI is InChI=1S/C10H4BrF2N3/c11-5-1-6(12)10-7(8(5)13)9(15)4(2-14)3-16-10/h1,3H,(H2,15,16). The van der Waals surface area contributed by atoms with Crippen LogP contribution in [0.25, 0.3) is 10.9 Å². The van der Waals surface area contributed by atoms with Gasteiger partial charge in [-0.1, -0.05) is 0 Å². The molecule has 2 rings (SSSR count). The molecule has 0 unspecified atom stereocenters. The maximum Gasteiger partial charge on any atom is 0.150 e. The number of anilines is 1. The van der Waals surface area contributed by atoms with Gasteiger partial charge in [0, 0.05) is 6.20 Å². The molecule has 0 fully saturated rings. The Balaban J connectivity index is 3.04. The van der Waals surface area contributed by atoms with E-state index in [9.17, 15) is 8.78 Å². The van der Waals surface area contributed by atoms with Crippen molar-refractivity contribution in [1.29, 1.82) is 5.26 Å². The van der Waals surface area contributed by atoms with Gasteiger partial charge < -0.3 is 5.73 Å². The van der Waals surface area contributed by atoms with Gasteiger partial charge in [0.1, 0.15) is 17.4 Å². The van der Waals surface area contributed by atoms with Crippen molar-refractivity contribution < 1.29 is 8.78 Å². The summed E-state index contributed by atoms with van der Waals surface area (Å²) < 4.78 is 27.1. The number of nitriles is 1. The van der Waals surface area contributed by atoms with E-state index in [1.165, 1.54) is 0 Å². The van der Waals surface area contributed by atoms with Crippen LogP contribution >= 0.6 is 15.9 Å². The number of fused-ring (bicyclic) bond motifs is 1. The highest BCUT2D eigenvalue weighted by Crippen LogP contribution is 2.31. The summed E-state index contributed by atoms with van der Waals surface area (Å²) in [6.45, 7) is 0. The molecule has 16 heavy (non-hydrogen) atoms. The van der Waals surface area contributed by atoms with E-state index in [2.05, 4.69) is 20.9 Å². The minimum atomic E-state index is -0.724. The minimum Gasteiger partial charge on any atom is -0.397 e. The highest BCUT2D eigenvalue weighted by atomic mass is 79.9. The van der Waals surface area contributed by atoms with Gasteiger partial charge in [0.2, 0.25) is 0 Å². The maximum atomic E-state index is 13.7. The number of nitrogens with two attached hydrogens (primary N) is 1. The summed E-state index contributed by atoms with van der Waals surface area (Å²) in [5.41, 5.74) is 5.31. The van der Waals surface area contributed by atoms with E-state index < -0.39 is 11.6 Å². The van der Waals surface area contributed by atoms with E-state index >= 15 is 0 Å². The number of nitrogen functional groups attached to an aromatic ring is 1. The van der Waals surface area contributed by atoms with Gasteiger partial charge in [-0.05, 0) is 22.0 Å². The van der Waals surface area contributed by atoms with Crippen molar-refractivity contribution in [3.8, 4) is 6.07 Å². The zero-order valence-electron chi connectivity index (χ0n) is 7.76. The topological polar surface area (TPSA) is 62.7 Å². The van der Waals surface area contributed by atoms with E-state index in [1.54, 1.807) is 6.07 Å². The van der Waals surface area contributed by atoms with Gasteiger partial charge in [-0.3, -0.25) is 4.98 Å². The molecule has 2 N–H and O–H groups in total. The fraction of sp³-hybridized carbons (Fsp3) is 0. The predicted molar refractivity (Wildman–Crippen MR) is 58.5 cm³/mol. The number of nitrogens with zero attached hydrogens (tertiary/aromatic N) is 2. The normalized spacial score (nSPS) is 10.4. The Bertz CT molecular complexity index is 634. The molecule has 0 aliphatic carbocycles. The Morgan fingerprint density at radius 3 is 2.75 bits per heavy atom. The van der Waals surface area contributed by atoms with Gasteiger partial charge in [0.05, 0.1) is 21.1 Å². The number of aromatic nitrogens is 1. The Hall–Kier alpha value is -1.74. The van der Waals surface area contributed by atoms with Crippen molar-refractivity contribution in [3.05, 3.63) is 33.9 Å². The zero-order chi connectivity index (χ0) is 11.9. The molecular formula is C10H4BrF2N3. The largest absolute Gasteiger partial charge is 0.397 e. The highest BCUT2D eigenvalue weighted by molar-refractivity contribution is 9.10. The smallest absolute Gasteiger partial charge is 0.150 e. The summed E-state index contributed by atoms with van der Waals surface area (Å²) in [5, 5.41) is 8.53. The summed E-state index contributed by atoms with van der Waals surface area (Å²) in [6, 6.07) is 2.73. The third-order valence-electron chi connectivity index (χ3n) is 2.15. The van der Waals surface area contributed by atoms with E-state index in [-0.39, 0.29) is 26.6 Å². The van der Waals surface area contributed by atoms with Crippen molar-refractivity contribution in [1.82, 2.24) is 4.98 Å². The lowest BCUT2D eigenvalue weighted by atomic mass is 10.1. The van der Waals surface area contributed by atoms with E-state index in [4.69, 9.17) is 11.0 Å². The van der Waals surface area contributed by atoms with E-state index in [1.807, 2.05) is 0 Å². The summed E-state index contributed by atoms with van der Waals surface area (Å²) in [7, 11) is 0. The Kier molecular flexibility index (Phi) is 2.48. The van der Waals surface area contributed by atoms with Crippen LogP contribution in [-0.2, 0) is 0 Å². The predicted octanol–water partition coefficient (Wildman–Crippen LogP) is 2.73. The number of halogens is 3. The van der Waals surface area contributed by atoms with Gasteiger partial charge in [-0.2, -0.15) is 5.26 Å². The van der Waals surface area contributed by atoms with Gasteiger partial charge in [-0.15, -0.1) is 0 Å². The molecule has 0 amide bonds. The van der Waals surface area contributed by atoms with Crippen LogP contribution in [-0.4, -0.2) is 4.98 Å². The molecule has 0 aliphatic rings. The zero-order valence-corrected chi connectivity index (χ0v) is 9.35. The average molecular weight is 284 g/mol.